The summed E-state index contributed by atoms with van der Waals surface area (Å²) in [5.41, 5.74) is 8.76. The van der Waals surface area contributed by atoms with E-state index in [1.54, 1.807) is 0 Å². The number of hydrogen-bond acceptors (Lipinski definition) is 3. The van der Waals surface area contributed by atoms with Crippen LogP contribution in [-0.4, -0.2) is 17.4 Å². The molecule has 0 saturated carbocycles. The molecule has 4 unspecified atom stereocenters. The van der Waals surface area contributed by atoms with Gasteiger partial charge in [0.1, 0.15) is 11.9 Å². The summed E-state index contributed by atoms with van der Waals surface area (Å²) in [6.45, 7) is 8.36. The van der Waals surface area contributed by atoms with Crippen molar-refractivity contribution in [3.8, 4) is 16.9 Å². The fourth-order valence-corrected chi connectivity index (χ4v) is 9.12. The van der Waals surface area contributed by atoms with Gasteiger partial charge in [-0.15, -0.1) is 11.8 Å². The second-order valence-corrected chi connectivity index (χ2v) is 17.1. The normalized spacial score (nSPS) is 19.0. The molecular formula is C55H48F3NOS. The lowest BCUT2D eigenvalue weighted by molar-refractivity contribution is -0.137. The Morgan fingerprint density at radius 1 is 0.574 bits per heavy atom. The number of halogens is 3. The predicted octanol–water partition coefficient (Wildman–Crippen LogP) is 15.5. The molecule has 0 spiro atoms. The summed E-state index contributed by atoms with van der Waals surface area (Å²) in [5.74, 6) is 1.47. The van der Waals surface area contributed by atoms with Crippen LogP contribution in [0.5, 0.6) is 5.75 Å². The van der Waals surface area contributed by atoms with Gasteiger partial charge in [0.2, 0.25) is 0 Å². The molecule has 7 aromatic carbocycles. The van der Waals surface area contributed by atoms with Crippen LogP contribution in [0, 0.1) is 13.8 Å². The Kier molecular flexibility index (Phi) is 12.4. The van der Waals surface area contributed by atoms with E-state index in [1.807, 2.05) is 55.1 Å². The van der Waals surface area contributed by atoms with Gasteiger partial charge in [-0.05, 0) is 96.8 Å². The minimum absolute atomic E-state index is 0.220. The number of hydrogen-bond donors (Lipinski definition) is 1. The Morgan fingerprint density at radius 3 is 1.98 bits per heavy atom. The van der Waals surface area contributed by atoms with Crippen molar-refractivity contribution < 1.29 is 17.9 Å². The number of rotatable bonds is 1. The molecule has 11 rings (SSSR count). The van der Waals surface area contributed by atoms with Crippen molar-refractivity contribution in [2.24, 2.45) is 0 Å². The summed E-state index contributed by atoms with van der Waals surface area (Å²) in [7, 11) is 0. The quantitative estimate of drug-likeness (QED) is 0.167. The number of nitrogens with one attached hydrogen (secondary N) is 1. The van der Waals surface area contributed by atoms with Crippen LogP contribution >= 0.6 is 11.8 Å². The van der Waals surface area contributed by atoms with Crippen molar-refractivity contribution in [1.82, 2.24) is 0 Å². The van der Waals surface area contributed by atoms with Crippen molar-refractivity contribution in [1.29, 1.82) is 0 Å². The number of alkyl halides is 3. The van der Waals surface area contributed by atoms with Crippen LogP contribution in [-0.2, 0) is 6.18 Å². The summed E-state index contributed by atoms with van der Waals surface area (Å²) < 4.78 is 43.0. The third-order valence-electron chi connectivity index (χ3n) is 11.2. The molecule has 0 saturated heterocycles. The van der Waals surface area contributed by atoms with Crippen LogP contribution in [0.1, 0.15) is 42.0 Å². The zero-order chi connectivity index (χ0) is 42.5. The summed E-state index contributed by atoms with van der Waals surface area (Å²) in [6, 6.07) is 49.7. The molecule has 0 bridgehead atoms. The Morgan fingerprint density at radius 2 is 1.20 bits per heavy atom. The molecule has 0 amide bonds. The molecule has 306 valence electrons. The number of thioether (sulfide) groups is 1. The van der Waals surface area contributed by atoms with E-state index < -0.39 is 11.7 Å². The Hall–Kier alpha value is -6.24. The number of allylic oxidation sites excluding steroid dienone is 4. The lowest BCUT2D eigenvalue weighted by Crippen LogP contribution is -2.33. The van der Waals surface area contributed by atoms with Gasteiger partial charge < -0.3 is 10.1 Å². The van der Waals surface area contributed by atoms with E-state index in [0.29, 0.717) is 17.2 Å². The van der Waals surface area contributed by atoms with Crippen molar-refractivity contribution in [3.63, 3.8) is 0 Å². The number of benzene rings is 7. The van der Waals surface area contributed by atoms with Crippen LogP contribution in [0.25, 0.3) is 32.7 Å². The van der Waals surface area contributed by atoms with Gasteiger partial charge in [0, 0.05) is 22.1 Å². The Labute approximate surface area is 361 Å². The van der Waals surface area contributed by atoms with E-state index in [4.69, 9.17) is 4.74 Å². The third-order valence-corrected chi connectivity index (χ3v) is 12.5. The fraction of sp³-hybridized carbons (Fsp3) is 0.164. The van der Waals surface area contributed by atoms with E-state index >= 15 is 0 Å². The molecule has 2 aliphatic heterocycles. The smallest absolute Gasteiger partial charge is 0.416 e. The zero-order valence-electron chi connectivity index (χ0n) is 34.7. The SMILES string of the molecule is CC1=CC2Nc3ccccc3SC2C=C1.CC1=CC2Oc3ccccc3C2C=C1.Cc1ccc(-c2ccc(C(F)(F)F)cc2)cc1.Cc1ccc2c(ccc3ccccc32)c1. The van der Waals surface area contributed by atoms with Crippen LogP contribution in [0.15, 0.2) is 204 Å². The van der Waals surface area contributed by atoms with Crippen molar-refractivity contribution >= 4 is 39.0 Å². The molecule has 2 aliphatic carbocycles. The van der Waals surface area contributed by atoms with Gasteiger partial charge >= 0.3 is 6.18 Å². The maximum Gasteiger partial charge on any atom is 0.416 e. The van der Waals surface area contributed by atoms with E-state index in [9.17, 15) is 13.2 Å². The molecule has 0 radical (unpaired) electrons. The molecule has 2 heterocycles. The molecule has 7 aromatic rings. The molecule has 0 fully saturated rings. The Balaban J connectivity index is 0.000000112. The molecule has 61 heavy (non-hydrogen) atoms. The Bertz CT molecular complexity index is 2780. The summed E-state index contributed by atoms with van der Waals surface area (Å²) in [4.78, 5) is 1.36. The molecular weight excluding hydrogens is 780 g/mol. The molecule has 0 aromatic heterocycles. The summed E-state index contributed by atoms with van der Waals surface area (Å²) in [5, 5.41) is 9.46. The van der Waals surface area contributed by atoms with Gasteiger partial charge in [0.05, 0.1) is 16.9 Å². The minimum atomic E-state index is -4.27. The highest BCUT2D eigenvalue weighted by atomic mass is 32.2. The van der Waals surface area contributed by atoms with E-state index in [0.717, 1.165) is 34.6 Å². The van der Waals surface area contributed by atoms with Gasteiger partial charge in [0.15, 0.2) is 0 Å². The van der Waals surface area contributed by atoms with Crippen molar-refractivity contribution in [3.05, 3.63) is 222 Å². The van der Waals surface area contributed by atoms with E-state index in [-0.39, 0.29) is 6.10 Å². The van der Waals surface area contributed by atoms with Gasteiger partial charge in [-0.1, -0.05) is 174 Å². The molecule has 2 nitrogen and oxygen atoms in total. The van der Waals surface area contributed by atoms with Gasteiger partial charge in [-0.3, -0.25) is 0 Å². The van der Waals surface area contributed by atoms with Gasteiger partial charge in [0.25, 0.3) is 0 Å². The molecule has 6 heteroatoms. The van der Waals surface area contributed by atoms with Crippen LogP contribution < -0.4 is 10.1 Å². The lowest BCUT2D eigenvalue weighted by atomic mass is 9.90. The monoisotopic (exact) mass is 827 g/mol. The topological polar surface area (TPSA) is 21.3 Å². The average Bonchev–Trinajstić information content (AvgIpc) is 3.64. The lowest BCUT2D eigenvalue weighted by Gasteiger charge is -2.32. The fourth-order valence-electron chi connectivity index (χ4n) is 7.96. The van der Waals surface area contributed by atoms with E-state index in [1.165, 1.54) is 66.5 Å². The summed E-state index contributed by atoms with van der Waals surface area (Å²) >= 11 is 1.95. The van der Waals surface area contributed by atoms with Crippen molar-refractivity contribution in [2.75, 3.05) is 5.32 Å². The minimum Gasteiger partial charge on any atom is -0.485 e. The standard InChI is InChI=1S/C15H12.C14H11F3.C13H13NS.C13H12O/c1-11-6-9-15-13(10-11)8-7-12-4-2-3-5-14(12)15;1-10-2-4-11(5-3-10)12-6-8-13(9-7-12)14(15,16)17;1-9-6-7-13-11(8-9)14-10-4-2-3-5-12(10)15-13;1-9-6-7-11-10-4-2-3-5-12(10)14-13(11)8-9/h2-10H,1H3;2-9H,1H3;2-8,11,13-14H,1H3;2-8,11,13H,1H3. The van der Waals surface area contributed by atoms with Crippen molar-refractivity contribution in [2.45, 2.75) is 62.1 Å². The van der Waals surface area contributed by atoms with Crippen LogP contribution in [0.3, 0.4) is 0 Å². The second-order valence-electron chi connectivity index (χ2n) is 15.9. The average molecular weight is 828 g/mol. The first kappa shape index (κ1) is 41.5. The molecule has 1 N–H and O–H groups in total. The number of fused-ring (bicyclic) bond motifs is 8. The first-order valence-electron chi connectivity index (χ1n) is 20.6. The number of anilines is 1. The zero-order valence-corrected chi connectivity index (χ0v) is 35.5. The highest BCUT2D eigenvalue weighted by molar-refractivity contribution is 8.00. The number of aryl methyl sites for hydroxylation is 2. The highest BCUT2D eigenvalue weighted by Gasteiger charge is 2.32. The second kappa shape index (κ2) is 18.2. The van der Waals surface area contributed by atoms with Gasteiger partial charge in [-0.25, -0.2) is 0 Å². The third kappa shape index (κ3) is 9.88. The number of ether oxygens (including phenoxy) is 1. The van der Waals surface area contributed by atoms with E-state index in [2.05, 4.69) is 154 Å². The maximum absolute atomic E-state index is 12.4. The van der Waals surface area contributed by atoms with Gasteiger partial charge in [-0.2, -0.15) is 13.2 Å². The highest BCUT2D eigenvalue weighted by Crippen LogP contribution is 2.42. The number of para-hydroxylation sites is 2. The van der Waals surface area contributed by atoms with Crippen LogP contribution in [0.4, 0.5) is 18.9 Å². The maximum atomic E-state index is 12.4. The first-order valence-corrected chi connectivity index (χ1v) is 21.5. The summed E-state index contributed by atoms with van der Waals surface area (Å²) in [6.07, 6.45) is 9.39. The van der Waals surface area contributed by atoms with Crippen LogP contribution in [0.2, 0.25) is 0 Å². The largest absolute Gasteiger partial charge is 0.485 e. The predicted molar refractivity (Wildman–Crippen MR) is 251 cm³/mol. The first-order chi connectivity index (χ1) is 29.5. The molecule has 4 aliphatic rings. The molecule has 4 atom stereocenters.